The summed E-state index contributed by atoms with van der Waals surface area (Å²) >= 11 is 1.06. The third kappa shape index (κ3) is 5.39. The average Bonchev–Trinajstić information content (AvgIpc) is 2.92. The van der Waals surface area contributed by atoms with E-state index in [1.807, 2.05) is 30.3 Å². The Labute approximate surface area is 150 Å². The molecule has 0 bridgehead atoms. The van der Waals surface area contributed by atoms with Gasteiger partial charge in [-0.3, -0.25) is 4.99 Å². The number of fused-ring (bicyclic) bond motifs is 1. The van der Waals surface area contributed by atoms with Gasteiger partial charge in [-0.05, 0) is 30.2 Å². The normalized spacial score (nSPS) is 18.1. The zero-order valence-electron chi connectivity index (χ0n) is 13.4. The van der Waals surface area contributed by atoms with Crippen LogP contribution in [-0.2, 0) is 27.5 Å². The van der Waals surface area contributed by atoms with Gasteiger partial charge in [-0.15, -0.1) is 0 Å². The molecule has 2 aromatic carbocycles. The van der Waals surface area contributed by atoms with Crippen LogP contribution < -0.4 is 0 Å². The van der Waals surface area contributed by atoms with Gasteiger partial charge in [-0.2, -0.15) is 0 Å². The minimum atomic E-state index is -0.487. The molecule has 0 spiro atoms. The number of hydrogen-bond acceptors (Lipinski definition) is 5. The van der Waals surface area contributed by atoms with E-state index < -0.39 is 6.10 Å². The van der Waals surface area contributed by atoms with Crippen LogP contribution in [0.4, 0.5) is 0 Å². The number of aliphatic hydroxyl groups excluding tert-OH is 2. The van der Waals surface area contributed by atoms with Crippen molar-refractivity contribution < 1.29 is 36.4 Å². The third-order valence-electron chi connectivity index (χ3n) is 3.48. The topological polar surface area (TPSA) is 90.1 Å². The molecule has 0 heterocycles. The molecule has 6 heteroatoms. The summed E-state index contributed by atoms with van der Waals surface area (Å²) in [6.07, 6.45) is 1.78. The first-order valence-electron chi connectivity index (χ1n) is 7.53. The van der Waals surface area contributed by atoms with Crippen molar-refractivity contribution in [1.29, 1.82) is 0 Å². The molecule has 5 nitrogen and oxygen atoms in total. The molecule has 2 atom stereocenters. The first-order chi connectivity index (χ1) is 11.7. The van der Waals surface area contributed by atoms with E-state index in [0.29, 0.717) is 12.0 Å². The van der Waals surface area contributed by atoms with Crippen LogP contribution in [0.1, 0.15) is 29.7 Å². The molecule has 0 aromatic heterocycles. The second-order valence-corrected chi connectivity index (χ2v) is 5.07. The van der Waals surface area contributed by atoms with E-state index in [1.165, 1.54) is 0 Å². The molecule has 0 saturated heterocycles. The molecule has 127 valence electrons. The molecule has 3 rings (SSSR count). The van der Waals surface area contributed by atoms with E-state index in [-0.39, 0.29) is 18.4 Å². The first-order valence-corrected chi connectivity index (χ1v) is 8.10. The second kappa shape index (κ2) is 10.9. The van der Waals surface area contributed by atoms with Gasteiger partial charge in [0.05, 0.1) is 6.10 Å². The summed E-state index contributed by atoms with van der Waals surface area (Å²) in [6, 6.07) is 14.8. The van der Waals surface area contributed by atoms with Crippen molar-refractivity contribution in [3.63, 3.8) is 0 Å². The molecule has 24 heavy (non-hydrogen) atoms. The molecule has 0 fully saturated rings. The van der Waals surface area contributed by atoms with Crippen molar-refractivity contribution in [2.45, 2.75) is 25.5 Å². The molecule has 3 N–H and O–H groups in total. The Morgan fingerprint density at radius 3 is 2.42 bits per heavy atom. The summed E-state index contributed by atoms with van der Waals surface area (Å²) in [6.45, 7) is 1.93. The fraction of sp³-hybridized carbons (Fsp3) is 0.278. The van der Waals surface area contributed by atoms with Crippen LogP contribution in [0.15, 0.2) is 53.5 Å². The fourth-order valence-corrected chi connectivity index (χ4v) is 2.49. The minimum absolute atomic E-state index is 0.201. The van der Waals surface area contributed by atoms with Crippen LogP contribution in [-0.4, -0.2) is 34.2 Å². The van der Waals surface area contributed by atoms with Crippen LogP contribution in [0, 0.1) is 0 Å². The van der Waals surface area contributed by atoms with Gasteiger partial charge < -0.3 is 15.3 Å². The quantitative estimate of drug-likeness (QED) is 0.712. The van der Waals surface area contributed by atoms with Crippen molar-refractivity contribution in [3.05, 3.63) is 65.2 Å². The average molecular weight is 366 g/mol. The zero-order valence-corrected chi connectivity index (χ0v) is 14.8. The number of nitrogens with zero attached hydrogens (tertiary/aromatic N) is 1. The van der Waals surface area contributed by atoms with Gasteiger partial charge in [0, 0.05) is 24.8 Å². The molecule has 0 saturated carbocycles. The van der Waals surface area contributed by atoms with Crippen LogP contribution in [0.3, 0.4) is 0 Å². The van der Waals surface area contributed by atoms with E-state index in [1.54, 1.807) is 31.3 Å². The van der Waals surface area contributed by atoms with Gasteiger partial charge in [0.1, 0.15) is 11.8 Å². The predicted molar refractivity (Wildman–Crippen MR) is 88.0 cm³/mol. The summed E-state index contributed by atoms with van der Waals surface area (Å²) in [4.78, 5) is 4.44. The molecule has 2 aromatic rings. The Bertz CT molecular complexity index is 663. The number of hydrogen-bond donors (Lipinski definition) is 3. The Morgan fingerprint density at radius 1 is 1.17 bits per heavy atom. The van der Waals surface area contributed by atoms with Gasteiger partial charge in [0.25, 0.3) is 0 Å². The maximum absolute atomic E-state index is 10.1. The van der Waals surface area contributed by atoms with Crippen molar-refractivity contribution >= 4 is 6.21 Å². The number of rotatable bonds is 2. The van der Waals surface area contributed by atoms with Crippen LogP contribution in [0.25, 0.3) is 0 Å². The van der Waals surface area contributed by atoms with Crippen LogP contribution >= 0.6 is 0 Å². The van der Waals surface area contributed by atoms with Crippen molar-refractivity contribution in [2.75, 3.05) is 6.61 Å². The maximum atomic E-state index is 10.1. The summed E-state index contributed by atoms with van der Waals surface area (Å²) in [5.41, 5.74) is 2.88. The van der Waals surface area contributed by atoms with E-state index in [0.717, 1.165) is 28.5 Å². The number of benzene rings is 2. The molecular formula is C18H21NO4V. The van der Waals surface area contributed by atoms with E-state index in [4.69, 9.17) is 8.78 Å². The van der Waals surface area contributed by atoms with Crippen molar-refractivity contribution in [2.24, 2.45) is 4.99 Å². The van der Waals surface area contributed by atoms with Gasteiger partial charge in [0.2, 0.25) is 0 Å². The molecule has 1 aliphatic carbocycles. The Balaban J connectivity index is 0.000000521. The number of para-hydroxylation sites is 1. The van der Waals surface area contributed by atoms with Gasteiger partial charge >= 0.3 is 21.0 Å². The number of aliphatic hydroxyl groups is 2. The molecule has 0 unspecified atom stereocenters. The predicted octanol–water partition coefficient (Wildman–Crippen LogP) is 2.35. The fourth-order valence-electron chi connectivity index (χ4n) is 2.49. The number of phenols is 1. The number of aromatic hydroxyl groups is 1. The SMILES string of the molecule is CCO.Oc1ccccc1C=N[C@@H]1c2ccccc2C[C@@H]1O.[O]=[V]. The third-order valence-corrected chi connectivity index (χ3v) is 3.48. The zero-order chi connectivity index (χ0) is 17.9. The first kappa shape index (κ1) is 20.3. The van der Waals surface area contributed by atoms with Crippen LogP contribution in [0.5, 0.6) is 5.75 Å². The summed E-state index contributed by atoms with van der Waals surface area (Å²) < 4.78 is 8.19. The second-order valence-electron chi connectivity index (χ2n) is 5.07. The molecule has 1 aliphatic rings. The number of aliphatic imine (C=N–C) groups is 1. The molecular weight excluding hydrogens is 345 g/mol. The Hall–Kier alpha value is -1.79. The standard InChI is InChI=1S/C16H15NO2.C2H6O.O.V/c18-14-8-4-2-6-12(14)10-17-16-13-7-3-1-5-11(13)9-15(16)19;1-2-3;;/h1-8,10,15-16,18-19H,9H2;3H,2H2,1H3;;/t15-,16+;;;/m0.../s1. The van der Waals surface area contributed by atoms with Crippen molar-refractivity contribution in [1.82, 2.24) is 0 Å². The van der Waals surface area contributed by atoms with E-state index in [2.05, 4.69) is 4.99 Å². The van der Waals surface area contributed by atoms with Gasteiger partial charge in [-0.1, -0.05) is 36.4 Å². The van der Waals surface area contributed by atoms with Crippen LogP contribution in [0.2, 0.25) is 0 Å². The summed E-state index contributed by atoms with van der Waals surface area (Å²) in [5.74, 6) is 0.201. The number of phenolic OH excluding ortho intramolecular Hbond substituents is 1. The van der Waals surface area contributed by atoms with Gasteiger partial charge in [0.15, 0.2) is 0 Å². The van der Waals surface area contributed by atoms with E-state index >= 15 is 0 Å². The summed E-state index contributed by atoms with van der Waals surface area (Å²) in [5, 5.41) is 27.3. The van der Waals surface area contributed by atoms with Crippen molar-refractivity contribution in [3.8, 4) is 5.75 Å². The Morgan fingerprint density at radius 2 is 1.75 bits per heavy atom. The van der Waals surface area contributed by atoms with E-state index in [9.17, 15) is 10.2 Å². The monoisotopic (exact) mass is 366 g/mol. The molecule has 0 aliphatic heterocycles. The Kier molecular flexibility index (Phi) is 9.19. The molecule has 0 amide bonds. The molecule has 0 radical (unpaired) electrons. The van der Waals surface area contributed by atoms with Gasteiger partial charge in [-0.25, -0.2) is 0 Å². The summed E-state index contributed by atoms with van der Waals surface area (Å²) in [7, 11) is 0.